The zero-order valence-corrected chi connectivity index (χ0v) is 24.3. The minimum Gasteiger partial charge on any atom is -0.497 e. The molecule has 1 atom stereocenters. The van der Waals surface area contributed by atoms with Gasteiger partial charge in [0.2, 0.25) is 11.8 Å². The molecule has 2 amide bonds. The number of aromatic nitrogens is 2. The number of ether oxygens (including phenoxy) is 3. The predicted octanol–water partition coefficient (Wildman–Crippen LogP) is 4.63. The predicted molar refractivity (Wildman–Crippen MR) is 160 cm³/mol. The van der Waals surface area contributed by atoms with E-state index in [0.717, 1.165) is 16.7 Å². The summed E-state index contributed by atoms with van der Waals surface area (Å²) in [5.74, 6) is 0.740. The number of benzene rings is 3. The molecule has 1 N–H and O–H groups in total. The van der Waals surface area contributed by atoms with Crippen molar-refractivity contribution in [1.82, 2.24) is 15.1 Å². The first kappa shape index (κ1) is 29.2. The number of fused-ring (bicyclic) bond motifs is 1. The molecule has 9 nitrogen and oxygen atoms in total. The summed E-state index contributed by atoms with van der Waals surface area (Å²) in [6.45, 7) is 0.401. The molecular weight excluding hydrogens is 559 g/mol. The van der Waals surface area contributed by atoms with Gasteiger partial charge in [-0.25, -0.2) is 9.07 Å². The number of halogens is 1. The molecule has 1 aliphatic heterocycles. The number of nitrogens with zero attached hydrogens (tertiary/aromatic N) is 3. The van der Waals surface area contributed by atoms with E-state index in [1.807, 2.05) is 48.5 Å². The van der Waals surface area contributed by atoms with Gasteiger partial charge >= 0.3 is 0 Å². The highest BCUT2D eigenvalue weighted by atomic mass is 32.2. The number of thioether (sulfide) groups is 1. The highest BCUT2D eigenvalue weighted by Gasteiger charge is 2.38. The van der Waals surface area contributed by atoms with Crippen LogP contribution < -0.4 is 19.7 Å². The number of hydrogen-bond donors (Lipinski definition) is 1. The normalized spacial score (nSPS) is 14.7. The Labute approximate surface area is 247 Å². The summed E-state index contributed by atoms with van der Waals surface area (Å²) in [6, 6.07) is 21.0. The van der Waals surface area contributed by atoms with Crippen molar-refractivity contribution in [3.63, 3.8) is 0 Å². The Kier molecular flexibility index (Phi) is 9.09. The fraction of sp³-hybridized carbons (Fsp3) is 0.258. The lowest BCUT2D eigenvalue weighted by Gasteiger charge is -2.23. The molecular formula is C31H31FN4O5S. The lowest BCUT2D eigenvalue weighted by atomic mass is 9.98. The van der Waals surface area contributed by atoms with Gasteiger partial charge in [0, 0.05) is 30.3 Å². The second-order valence-electron chi connectivity index (χ2n) is 9.46. The first-order valence-corrected chi connectivity index (χ1v) is 14.3. The van der Waals surface area contributed by atoms with Gasteiger partial charge in [0.05, 0.1) is 43.2 Å². The molecule has 0 spiro atoms. The maximum absolute atomic E-state index is 14.0. The van der Waals surface area contributed by atoms with Crippen molar-refractivity contribution in [2.45, 2.75) is 5.25 Å². The van der Waals surface area contributed by atoms with Crippen molar-refractivity contribution in [3.05, 3.63) is 89.7 Å². The molecule has 0 radical (unpaired) electrons. The molecule has 0 saturated carbocycles. The standard InChI is InChI=1S/C31H31FN4O5S/c1-39-16-15-33-26(37)18-35-27(38)19-42-30(24-17-23(40-2)13-14-25(24)41-3)28-29(20-7-5-4-6-8-20)34-36(31(28)35)22-11-9-21(32)10-12-22/h4-14,17,30H,15-16,18-19H2,1-3H3,(H,33,37)/t30-/m0/s1. The molecule has 42 heavy (non-hydrogen) atoms. The average Bonchev–Trinajstić information content (AvgIpc) is 3.34. The van der Waals surface area contributed by atoms with Crippen LogP contribution >= 0.6 is 11.8 Å². The Morgan fingerprint density at radius 3 is 2.50 bits per heavy atom. The summed E-state index contributed by atoms with van der Waals surface area (Å²) in [7, 11) is 4.73. The van der Waals surface area contributed by atoms with Crippen LogP contribution in [0.5, 0.6) is 11.5 Å². The minimum atomic E-state index is -0.431. The van der Waals surface area contributed by atoms with E-state index < -0.39 is 11.1 Å². The number of hydrogen-bond acceptors (Lipinski definition) is 7. The molecule has 0 unspecified atom stereocenters. The summed E-state index contributed by atoms with van der Waals surface area (Å²) < 4.78 is 32.0. The van der Waals surface area contributed by atoms with Gasteiger partial charge in [-0.2, -0.15) is 5.10 Å². The van der Waals surface area contributed by atoms with Gasteiger partial charge in [-0.15, -0.1) is 11.8 Å². The Morgan fingerprint density at radius 2 is 1.81 bits per heavy atom. The lowest BCUT2D eigenvalue weighted by Crippen LogP contribution is -2.43. The van der Waals surface area contributed by atoms with E-state index in [1.54, 1.807) is 38.1 Å². The topological polar surface area (TPSA) is 94.9 Å². The summed E-state index contributed by atoms with van der Waals surface area (Å²) in [6.07, 6.45) is 0. The molecule has 0 saturated heterocycles. The van der Waals surface area contributed by atoms with Gasteiger partial charge in [-0.3, -0.25) is 14.5 Å². The quantitative estimate of drug-likeness (QED) is 0.269. The van der Waals surface area contributed by atoms with Crippen molar-refractivity contribution in [3.8, 4) is 28.4 Å². The van der Waals surface area contributed by atoms with Gasteiger partial charge in [0.1, 0.15) is 29.7 Å². The van der Waals surface area contributed by atoms with E-state index in [0.29, 0.717) is 41.8 Å². The third kappa shape index (κ3) is 5.97. The Hall–Kier alpha value is -4.35. The smallest absolute Gasteiger partial charge is 0.240 e. The van der Waals surface area contributed by atoms with Crippen molar-refractivity contribution in [2.24, 2.45) is 0 Å². The number of nitrogens with one attached hydrogen (secondary N) is 1. The number of amides is 2. The second kappa shape index (κ2) is 13.1. The van der Waals surface area contributed by atoms with Gasteiger partial charge in [-0.05, 0) is 42.5 Å². The van der Waals surface area contributed by atoms with Crippen molar-refractivity contribution in [2.75, 3.05) is 51.7 Å². The van der Waals surface area contributed by atoms with Crippen molar-refractivity contribution >= 4 is 29.4 Å². The zero-order valence-electron chi connectivity index (χ0n) is 23.5. The molecule has 0 aliphatic carbocycles. The number of anilines is 1. The molecule has 3 aromatic carbocycles. The van der Waals surface area contributed by atoms with Gasteiger partial charge < -0.3 is 19.5 Å². The van der Waals surface area contributed by atoms with E-state index in [2.05, 4.69) is 5.32 Å². The maximum Gasteiger partial charge on any atom is 0.240 e. The van der Waals surface area contributed by atoms with E-state index in [4.69, 9.17) is 19.3 Å². The number of methoxy groups -OCH3 is 3. The fourth-order valence-corrected chi connectivity index (χ4v) is 6.09. The summed E-state index contributed by atoms with van der Waals surface area (Å²) in [5, 5.41) is 7.38. The van der Waals surface area contributed by atoms with Crippen LogP contribution in [0.3, 0.4) is 0 Å². The maximum atomic E-state index is 14.0. The number of carbonyl (C=O) groups excluding carboxylic acids is 2. The average molecular weight is 591 g/mol. The fourth-order valence-electron chi connectivity index (χ4n) is 4.87. The molecule has 0 fully saturated rings. The van der Waals surface area contributed by atoms with E-state index in [1.165, 1.54) is 28.8 Å². The molecule has 5 rings (SSSR count). The summed E-state index contributed by atoms with van der Waals surface area (Å²) in [4.78, 5) is 28.4. The Morgan fingerprint density at radius 1 is 1.05 bits per heavy atom. The van der Waals surface area contributed by atoms with E-state index in [-0.39, 0.29) is 24.1 Å². The highest BCUT2D eigenvalue weighted by Crippen LogP contribution is 2.51. The van der Waals surface area contributed by atoms with Crippen LogP contribution in [0.25, 0.3) is 16.9 Å². The largest absolute Gasteiger partial charge is 0.497 e. The highest BCUT2D eigenvalue weighted by molar-refractivity contribution is 8.00. The van der Waals surface area contributed by atoms with E-state index in [9.17, 15) is 14.0 Å². The van der Waals surface area contributed by atoms with Crippen LogP contribution in [0, 0.1) is 5.82 Å². The minimum absolute atomic E-state index is 0.0860. The van der Waals surface area contributed by atoms with Crippen LogP contribution in [-0.4, -0.2) is 68.4 Å². The number of rotatable bonds is 10. The Balaban J connectivity index is 1.78. The molecule has 4 aromatic rings. The van der Waals surface area contributed by atoms with Crippen molar-refractivity contribution < 1.29 is 28.2 Å². The lowest BCUT2D eigenvalue weighted by molar-refractivity contribution is -0.123. The molecule has 1 aliphatic rings. The molecule has 2 heterocycles. The third-order valence-electron chi connectivity index (χ3n) is 6.86. The van der Waals surface area contributed by atoms with Gasteiger partial charge in [0.15, 0.2) is 0 Å². The molecule has 11 heteroatoms. The SMILES string of the molecule is COCCNC(=O)CN1C(=O)CS[C@@H](c2cc(OC)ccc2OC)c2c(-c3ccccc3)nn(-c3ccc(F)cc3)c21. The van der Waals surface area contributed by atoms with E-state index >= 15 is 0 Å². The first-order valence-electron chi connectivity index (χ1n) is 13.3. The second-order valence-corrected chi connectivity index (χ2v) is 10.6. The molecule has 1 aromatic heterocycles. The monoisotopic (exact) mass is 590 g/mol. The van der Waals surface area contributed by atoms with Crippen LogP contribution in [0.4, 0.5) is 10.2 Å². The van der Waals surface area contributed by atoms with Crippen LogP contribution in [0.15, 0.2) is 72.8 Å². The summed E-state index contributed by atoms with van der Waals surface area (Å²) in [5.41, 5.74) is 3.49. The molecule has 218 valence electrons. The van der Waals surface area contributed by atoms with Crippen LogP contribution in [0.2, 0.25) is 0 Å². The van der Waals surface area contributed by atoms with Crippen molar-refractivity contribution in [1.29, 1.82) is 0 Å². The third-order valence-corrected chi connectivity index (χ3v) is 8.09. The van der Waals surface area contributed by atoms with Gasteiger partial charge in [-0.1, -0.05) is 30.3 Å². The molecule has 0 bridgehead atoms. The van der Waals surface area contributed by atoms with Crippen LogP contribution in [0.1, 0.15) is 16.4 Å². The Bertz CT molecular complexity index is 1560. The van der Waals surface area contributed by atoms with Crippen LogP contribution in [-0.2, 0) is 14.3 Å². The number of carbonyl (C=O) groups is 2. The van der Waals surface area contributed by atoms with Gasteiger partial charge in [0.25, 0.3) is 0 Å². The zero-order chi connectivity index (χ0) is 29.6. The first-order chi connectivity index (χ1) is 20.4. The summed E-state index contributed by atoms with van der Waals surface area (Å²) >= 11 is 1.42.